The standard InChI is InChI=1S/C20H31N3O4/c1-6-12-21-18(24)14(5)22-20(26)17(13(3)4)23-19(25)15-8-10-16(11-9-15)27-7-2/h8-11,13-14,17H,6-7,12H2,1-5H3,(H,21,24)(H,22,26)(H,23,25)/t14-,17+/m1/s1. The molecule has 0 heterocycles. The van der Waals surface area contributed by atoms with E-state index in [1.807, 2.05) is 27.7 Å². The molecule has 0 radical (unpaired) electrons. The highest BCUT2D eigenvalue weighted by Crippen LogP contribution is 2.13. The lowest BCUT2D eigenvalue weighted by molar-refractivity contribution is -0.130. The molecule has 3 amide bonds. The molecule has 2 atom stereocenters. The van der Waals surface area contributed by atoms with Gasteiger partial charge in [0.15, 0.2) is 0 Å². The number of carbonyl (C=O) groups excluding carboxylic acids is 3. The second kappa shape index (κ2) is 11.2. The molecule has 0 saturated heterocycles. The zero-order valence-electron chi connectivity index (χ0n) is 16.8. The van der Waals surface area contributed by atoms with E-state index in [-0.39, 0.29) is 23.6 Å². The van der Waals surface area contributed by atoms with E-state index < -0.39 is 12.1 Å². The highest BCUT2D eigenvalue weighted by molar-refractivity contribution is 5.98. The molecule has 0 unspecified atom stereocenters. The van der Waals surface area contributed by atoms with E-state index in [0.717, 1.165) is 6.42 Å². The normalized spacial score (nSPS) is 12.8. The van der Waals surface area contributed by atoms with Gasteiger partial charge in [-0.3, -0.25) is 14.4 Å². The van der Waals surface area contributed by atoms with Crippen LogP contribution in [-0.4, -0.2) is 43.0 Å². The summed E-state index contributed by atoms with van der Waals surface area (Å²) >= 11 is 0. The van der Waals surface area contributed by atoms with Gasteiger partial charge in [-0.2, -0.15) is 0 Å². The summed E-state index contributed by atoms with van der Waals surface area (Å²) in [4.78, 5) is 37.0. The predicted molar refractivity (Wildman–Crippen MR) is 105 cm³/mol. The minimum absolute atomic E-state index is 0.137. The Balaban J connectivity index is 2.72. The fourth-order valence-corrected chi connectivity index (χ4v) is 2.40. The Hall–Kier alpha value is -2.57. The molecule has 0 saturated carbocycles. The molecule has 0 aliphatic heterocycles. The third-order valence-corrected chi connectivity index (χ3v) is 3.96. The summed E-state index contributed by atoms with van der Waals surface area (Å²) in [5.41, 5.74) is 0.436. The first-order valence-electron chi connectivity index (χ1n) is 9.41. The van der Waals surface area contributed by atoms with Crippen molar-refractivity contribution in [3.05, 3.63) is 29.8 Å². The van der Waals surface area contributed by atoms with Crippen LogP contribution < -0.4 is 20.7 Å². The number of amides is 3. The van der Waals surface area contributed by atoms with Gasteiger partial charge in [-0.05, 0) is 50.5 Å². The molecule has 1 rings (SSSR count). The van der Waals surface area contributed by atoms with E-state index in [2.05, 4.69) is 16.0 Å². The van der Waals surface area contributed by atoms with E-state index >= 15 is 0 Å². The maximum atomic E-state index is 12.6. The molecule has 0 bridgehead atoms. The van der Waals surface area contributed by atoms with Crippen molar-refractivity contribution in [2.75, 3.05) is 13.2 Å². The molecule has 7 heteroatoms. The van der Waals surface area contributed by atoms with Gasteiger partial charge in [0, 0.05) is 12.1 Å². The van der Waals surface area contributed by atoms with E-state index in [4.69, 9.17) is 4.74 Å². The molecule has 0 aromatic heterocycles. The SMILES string of the molecule is CCCNC(=O)[C@@H](C)NC(=O)[C@@H](NC(=O)c1ccc(OCC)cc1)C(C)C. The predicted octanol–water partition coefficient (Wildman–Crippen LogP) is 1.87. The fraction of sp³-hybridized carbons (Fsp3) is 0.550. The number of rotatable bonds is 10. The van der Waals surface area contributed by atoms with Gasteiger partial charge >= 0.3 is 0 Å². The molecule has 0 aliphatic rings. The molecule has 1 aromatic carbocycles. The Morgan fingerprint density at radius 1 is 0.963 bits per heavy atom. The Labute approximate surface area is 161 Å². The number of hydrogen-bond donors (Lipinski definition) is 3. The minimum Gasteiger partial charge on any atom is -0.494 e. The number of carbonyl (C=O) groups is 3. The average molecular weight is 377 g/mol. The summed E-state index contributed by atoms with van der Waals surface area (Å²) in [5.74, 6) is -0.439. The van der Waals surface area contributed by atoms with Crippen molar-refractivity contribution in [2.45, 2.75) is 53.1 Å². The molecular weight excluding hydrogens is 346 g/mol. The van der Waals surface area contributed by atoms with Crippen LogP contribution in [0, 0.1) is 5.92 Å². The summed E-state index contributed by atoms with van der Waals surface area (Å²) < 4.78 is 5.36. The van der Waals surface area contributed by atoms with Crippen LogP contribution in [0.2, 0.25) is 0 Å². The van der Waals surface area contributed by atoms with Crippen LogP contribution in [0.4, 0.5) is 0 Å². The van der Waals surface area contributed by atoms with E-state index in [1.165, 1.54) is 0 Å². The van der Waals surface area contributed by atoms with Crippen LogP contribution in [-0.2, 0) is 9.59 Å². The molecule has 0 aliphatic carbocycles. The van der Waals surface area contributed by atoms with Gasteiger partial charge in [0.2, 0.25) is 11.8 Å². The Kier molecular flexibility index (Phi) is 9.33. The topological polar surface area (TPSA) is 96.5 Å². The van der Waals surface area contributed by atoms with Crippen LogP contribution in [0.15, 0.2) is 24.3 Å². The Bertz CT molecular complexity index is 629. The van der Waals surface area contributed by atoms with Crippen molar-refractivity contribution in [2.24, 2.45) is 5.92 Å². The zero-order chi connectivity index (χ0) is 20.4. The van der Waals surface area contributed by atoms with Crippen molar-refractivity contribution in [3.8, 4) is 5.75 Å². The molecule has 150 valence electrons. The van der Waals surface area contributed by atoms with Crippen molar-refractivity contribution in [1.29, 1.82) is 0 Å². The quantitative estimate of drug-likeness (QED) is 0.580. The summed E-state index contributed by atoms with van der Waals surface area (Å²) in [6.07, 6.45) is 0.819. The minimum atomic E-state index is -0.745. The van der Waals surface area contributed by atoms with Crippen LogP contribution in [0.3, 0.4) is 0 Å². The van der Waals surface area contributed by atoms with Crippen LogP contribution >= 0.6 is 0 Å². The molecule has 27 heavy (non-hydrogen) atoms. The monoisotopic (exact) mass is 377 g/mol. The van der Waals surface area contributed by atoms with Gasteiger partial charge in [0.1, 0.15) is 17.8 Å². The zero-order valence-corrected chi connectivity index (χ0v) is 16.8. The fourth-order valence-electron chi connectivity index (χ4n) is 2.40. The lowest BCUT2D eigenvalue weighted by atomic mass is 10.0. The Morgan fingerprint density at radius 2 is 1.59 bits per heavy atom. The van der Waals surface area contributed by atoms with Gasteiger partial charge in [-0.25, -0.2) is 0 Å². The molecule has 7 nitrogen and oxygen atoms in total. The summed E-state index contributed by atoms with van der Waals surface area (Å²) in [7, 11) is 0. The van der Waals surface area contributed by atoms with Crippen LogP contribution in [0.1, 0.15) is 51.4 Å². The first-order chi connectivity index (χ1) is 12.8. The third-order valence-electron chi connectivity index (χ3n) is 3.96. The van der Waals surface area contributed by atoms with Crippen molar-refractivity contribution in [3.63, 3.8) is 0 Å². The maximum absolute atomic E-state index is 12.6. The summed E-state index contributed by atoms with van der Waals surface area (Å²) in [5, 5.41) is 8.15. The molecule has 1 aromatic rings. The van der Waals surface area contributed by atoms with Gasteiger partial charge in [-0.1, -0.05) is 20.8 Å². The van der Waals surface area contributed by atoms with E-state index in [0.29, 0.717) is 24.5 Å². The van der Waals surface area contributed by atoms with Crippen molar-refractivity contribution < 1.29 is 19.1 Å². The molecule has 0 spiro atoms. The van der Waals surface area contributed by atoms with E-state index in [1.54, 1.807) is 31.2 Å². The smallest absolute Gasteiger partial charge is 0.251 e. The third kappa shape index (κ3) is 7.29. The number of benzene rings is 1. The summed E-state index contributed by atoms with van der Waals surface area (Å²) in [6.45, 7) is 10.2. The second-order valence-electron chi connectivity index (χ2n) is 6.67. The average Bonchev–Trinajstić information content (AvgIpc) is 2.64. The van der Waals surface area contributed by atoms with Crippen molar-refractivity contribution in [1.82, 2.24) is 16.0 Å². The van der Waals surface area contributed by atoms with Gasteiger partial charge in [-0.15, -0.1) is 0 Å². The molecule has 0 fully saturated rings. The van der Waals surface area contributed by atoms with Crippen molar-refractivity contribution >= 4 is 17.7 Å². The second-order valence-corrected chi connectivity index (χ2v) is 6.67. The lowest BCUT2D eigenvalue weighted by Gasteiger charge is -2.24. The largest absolute Gasteiger partial charge is 0.494 e. The molecule has 3 N–H and O–H groups in total. The first-order valence-corrected chi connectivity index (χ1v) is 9.41. The van der Waals surface area contributed by atoms with Crippen LogP contribution in [0.5, 0.6) is 5.75 Å². The van der Waals surface area contributed by atoms with Gasteiger partial charge in [0.25, 0.3) is 5.91 Å². The first kappa shape index (κ1) is 22.5. The maximum Gasteiger partial charge on any atom is 0.251 e. The number of ether oxygens (including phenoxy) is 1. The summed E-state index contributed by atoms with van der Waals surface area (Å²) in [6, 6.07) is 5.30. The Morgan fingerprint density at radius 3 is 2.11 bits per heavy atom. The highest BCUT2D eigenvalue weighted by atomic mass is 16.5. The van der Waals surface area contributed by atoms with Gasteiger partial charge < -0.3 is 20.7 Å². The molecular formula is C20H31N3O4. The van der Waals surface area contributed by atoms with E-state index in [9.17, 15) is 14.4 Å². The number of nitrogens with one attached hydrogen (secondary N) is 3. The van der Waals surface area contributed by atoms with Gasteiger partial charge in [0.05, 0.1) is 6.61 Å². The lowest BCUT2D eigenvalue weighted by Crippen LogP contribution is -2.54. The highest BCUT2D eigenvalue weighted by Gasteiger charge is 2.27. The number of hydrogen-bond acceptors (Lipinski definition) is 4. The van der Waals surface area contributed by atoms with Crippen LogP contribution in [0.25, 0.3) is 0 Å².